The van der Waals surface area contributed by atoms with Crippen LogP contribution in [0.25, 0.3) is 43.9 Å². The van der Waals surface area contributed by atoms with Crippen molar-refractivity contribution < 1.29 is 0 Å². The highest BCUT2D eigenvalue weighted by molar-refractivity contribution is 6.18. The quantitative estimate of drug-likeness (QED) is 0.230. The first-order valence-electron chi connectivity index (χ1n) is 11.5. The summed E-state index contributed by atoms with van der Waals surface area (Å²) in [7, 11) is 0. The van der Waals surface area contributed by atoms with Gasteiger partial charge in [-0.2, -0.15) is 0 Å². The van der Waals surface area contributed by atoms with Crippen LogP contribution < -0.4 is 0 Å². The Morgan fingerprint density at radius 3 is 1.67 bits per heavy atom. The van der Waals surface area contributed by atoms with E-state index in [0.29, 0.717) is 0 Å². The normalized spacial score (nSPS) is 14.3. The summed E-state index contributed by atoms with van der Waals surface area (Å²) in [6.45, 7) is 0. The molecule has 0 amide bonds. The van der Waals surface area contributed by atoms with Crippen LogP contribution in [0.3, 0.4) is 0 Å². The second-order valence-electron chi connectivity index (χ2n) is 9.08. The molecule has 5 aromatic carbocycles. The van der Waals surface area contributed by atoms with Crippen molar-refractivity contribution in [2.75, 3.05) is 0 Å². The van der Waals surface area contributed by atoms with E-state index in [2.05, 4.69) is 109 Å². The number of aromatic nitrogens is 1. The lowest BCUT2D eigenvalue weighted by atomic mass is 9.69. The third-order valence-corrected chi connectivity index (χ3v) is 7.71. The molecule has 33 heavy (non-hydrogen) atoms. The first kappa shape index (κ1) is 17.3. The average molecular weight is 418 g/mol. The van der Waals surface area contributed by atoms with Gasteiger partial charge >= 0.3 is 0 Å². The Labute approximate surface area is 192 Å². The van der Waals surface area contributed by atoms with E-state index in [-0.39, 0.29) is 5.41 Å². The summed E-state index contributed by atoms with van der Waals surface area (Å²) in [5.74, 6) is 0. The summed E-state index contributed by atoms with van der Waals surface area (Å²) in [5, 5.41) is 3.75. The van der Waals surface area contributed by atoms with Crippen LogP contribution >= 0.6 is 0 Å². The molecule has 1 heteroatoms. The first-order chi connectivity index (χ1) is 16.4. The second kappa shape index (κ2) is 5.96. The van der Waals surface area contributed by atoms with Gasteiger partial charge in [0.25, 0.3) is 0 Å². The maximum absolute atomic E-state index is 4.86. The smallest absolute Gasteiger partial charge is 0.0786 e. The van der Waals surface area contributed by atoms with Crippen LogP contribution in [0.4, 0.5) is 0 Å². The highest BCUT2D eigenvalue weighted by Crippen LogP contribution is 2.65. The van der Waals surface area contributed by atoms with E-state index in [0.717, 1.165) is 5.52 Å². The third kappa shape index (κ3) is 1.89. The van der Waals surface area contributed by atoms with E-state index in [4.69, 9.17) is 4.98 Å². The molecular formula is C32H19N. The molecular weight excluding hydrogens is 398 g/mol. The van der Waals surface area contributed by atoms with Gasteiger partial charge in [-0.25, -0.2) is 0 Å². The average Bonchev–Trinajstić information content (AvgIpc) is 3.37. The van der Waals surface area contributed by atoms with Gasteiger partial charge < -0.3 is 0 Å². The van der Waals surface area contributed by atoms with E-state index in [1.165, 1.54) is 60.7 Å². The predicted molar refractivity (Wildman–Crippen MR) is 136 cm³/mol. The standard InChI is InChI=1S/C32H19N/c1-2-13-23-22(12-1)30-29(25-15-9-19-33-31(23)25)24-14-5-8-18-28(24)32(30)26-16-6-3-10-20(26)21-11-4-7-17-27(21)32/h1-19H. The molecule has 0 atom stereocenters. The van der Waals surface area contributed by atoms with E-state index < -0.39 is 0 Å². The van der Waals surface area contributed by atoms with Crippen LogP contribution in [-0.2, 0) is 5.41 Å². The molecule has 6 aromatic rings. The minimum Gasteiger partial charge on any atom is -0.256 e. The monoisotopic (exact) mass is 417 g/mol. The zero-order chi connectivity index (χ0) is 21.6. The molecule has 1 heterocycles. The first-order valence-corrected chi connectivity index (χ1v) is 11.5. The maximum atomic E-state index is 4.86. The van der Waals surface area contributed by atoms with Crippen molar-refractivity contribution in [2.24, 2.45) is 0 Å². The molecule has 2 aliphatic carbocycles. The zero-order valence-corrected chi connectivity index (χ0v) is 17.9. The van der Waals surface area contributed by atoms with Crippen molar-refractivity contribution in [3.05, 3.63) is 138 Å². The Morgan fingerprint density at radius 2 is 0.970 bits per heavy atom. The van der Waals surface area contributed by atoms with Crippen molar-refractivity contribution in [3.8, 4) is 22.3 Å². The van der Waals surface area contributed by atoms with Crippen LogP contribution in [0, 0.1) is 0 Å². The van der Waals surface area contributed by atoms with Crippen LogP contribution in [0.5, 0.6) is 0 Å². The molecule has 0 fully saturated rings. The van der Waals surface area contributed by atoms with Crippen LogP contribution in [-0.4, -0.2) is 4.98 Å². The fourth-order valence-corrected chi connectivity index (χ4v) is 6.63. The molecule has 1 nitrogen and oxygen atoms in total. The van der Waals surface area contributed by atoms with Gasteiger partial charge in [-0.15, -0.1) is 0 Å². The number of rotatable bonds is 0. The van der Waals surface area contributed by atoms with Gasteiger partial charge in [0, 0.05) is 17.0 Å². The molecule has 152 valence electrons. The van der Waals surface area contributed by atoms with Crippen molar-refractivity contribution in [1.82, 2.24) is 4.98 Å². The minimum atomic E-state index is -0.331. The Kier molecular flexibility index (Phi) is 3.13. The Morgan fingerprint density at radius 1 is 0.455 bits per heavy atom. The maximum Gasteiger partial charge on any atom is 0.0786 e. The van der Waals surface area contributed by atoms with Gasteiger partial charge in [0.05, 0.1) is 10.9 Å². The van der Waals surface area contributed by atoms with Gasteiger partial charge in [0.1, 0.15) is 0 Å². The van der Waals surface area contributed by atoms with Crippen molar-refractivity contribution in [2.45, 2.75) is 5.41 Å². The largest absolute Gasteiger partial charge is 0.256 e. The topological polar surface area (TPSA) is 12.9 Å². The van der Waals surface area contributed by atoms with Gasteiger partial charge in [0.15, 0.2) is 0 Å². The van der Waals surface area contributed by atoms with E-state index in [9.17, 15) is 0 Å². The van der Waals surface area contributed by atoms with Crippen molar-refractivity contribution in [1.29, 1.82) is 0 Å². The third-order valence-electron chi connectivity index (χ3n) is 7.71. The summed E-state index contributed by atoms with van der Waals surface area (Å²) in [6.07, 6.45) is 1.91. The summed E-state index contributed by atoms with van der Waals surface area (Å²) in [4.78, 5) is 4.86. The zero-order valence-electron chi connectivity index (χ0n) is 17.9. The number of pyridine rings is 1. The summed E-state index contributed by atoms with van der Waals surface area (Å²) in [6, 6.07) is 40.1. The van der Waals surface area contributed by atoms with Crippen molar-refractivity contribution >= 4 is 21.7 Å². The number of nitrogens with zero attached hydrogens (tertiary/aromatic N) is 1. The SMILES string of the molecule is c1ccc2c(c1)-c1ccccc1C21c2ccccc2-c2c1c1ccccc1c1ncccc21. The van der Waals surface area contributed by atoms with Crippen LogP contribution in [0.1, 0.15) is 22.3 Å². The van der Waals surface area contributed by atoms with E-state index >= 15 is 0 Å². The molecule has 1 spiro atoms. The minimum absolute atomic E-state index is 0.331. The molecule has 0 bridgehead atoms. The highest BCUT2D eigenvalue weighted by Gasteiger charge is 2.52. The molecule has 8 rings (SSSR count). The Bertz CT molecular complexity index is 1730. The highest BCUT2D eigenvalue weighted by atomic mass is 14.7. The molecule has 0 saturated heterocycles. The Hall–Kier alpha value is -4.23. The number of hydrogen-bond donors (Lipinski definition) is 0. The van der Waals surface area contributed by atoms with E-state index in [1.807, 2.05) is 6.20 Å². The molecule has 0 radical (unpaired) electrons. The molecule has 1 aromatic heterocycles. The second-order valence-corrected chi connectivity index (χ2v) is 9.08. The van der Waals surface area contributed by atoms with Crippen molar-refractivity contribution in [3.63, 3.8) is 0 Å². The summed E-state index contributed by atoms with van der Waals surface area (Å²) < 4.78 is 0. The van der Waals surface area contributed by atoms with Crippen LogP contribution in [0.15, 0.2) is 115 Å². The number of hydrogen-bond acceptors (Lipinski definition) is 1. The van der Waals surface area contributed by atoms with Gasteiger partial charge in [-0.3, -0.25) is 4.98 Å². The summed E-state index contributed by atoms with van der Waals surface area (Å²) in [5.41, 5.74) is 11.6. The fourth-order valence-electron chi connectivity index (χ4n) is 6.63. The molecule has 0 aliphatic heterocycles. The number of fused-ring (bicyclic) bond motifs is 15. The predicted octanol–water partition coefficient (Wildman–Crippen LogP) is 7.73. The molecule has 0 N–H and O–H groups in total. The van der Waals surface area contributed by atoms with Gasteiger partial charge in [-0.05, 0) is 56.0 Å². The van der Waals surface area contributed by atoms with Crippen LogP contribution in [0.2, 0.25) is 0 Å². The molecule has 2 aliphatic rings. The lowest BCUT2D eigenvalue weighted by Gasteiger charge is -2.31. The molecule has 0 saturated carbocycles. The lowest BCUT2D eigenvalue weighted by Crippen LogP contribution is -2.26. The van der Waals surface area contributed by atoms with Gasteiger partial charge in [-0.1, -0.05) is 103 Å². The summed E-state index contributed by atoms with van der Waals surface area (Å²) >= 11 is 0. The molecule has 0 unspecified atom stereocenters. The lowest BCUT2D eigenvalue weighted by molar-refractivity contribution is 0.802. The van der Waals surface area contributed by atoms with Gasteiger partial charge in [0.2, 0.25) is 0 Å². The Balaban J connectivity index is 1.72. The fraction of sp³-hybridized carbons (Fsp3) is 0.0312. The number of benzene rings is 5. The van der Waals surface area contributed by atoms with E-state index in [1.54, 1.807) is 0 Å².